The van der Waals surface area contributed by atoms with Crippen LogP contribution in [0.15, 0.2) is 56.3 Å². The van der Waals surface area contributed by atoms with Gasteiger partial charge in [0.2, 0.25) is 21.9 Å². The quantitative estimate of drug-likeness (QED) is 0.283. The monoisotopic (exact) mass is 631 g/mol. The van der Waals surface area contributed by atoms with Gasteiger partial charge in [-0.25, -0.2) is 23.4 Å². The molecule has 43 heavy (non-hydrogen) atoms. The van der Waals surface area contributed by atoms with Crippen LogP contribution in [0.4, 0.5) is 5.82 Å². The highest BCUT2D eigenvalue weighted by Gasteiger charge is 2.41. The van der Waals surface area contributed by atoms with Gasteiger partial charge in [-0.15, -0.1) is 0 Å². The predicted molar refractivity (Wildman–Crippen MR) is 168 cm³/mol. The van der Waals surface area contributed by atoms with Crippen molar-refractivity contribution in [2.75, 3.05) is 38.8 Å². The number of nitrogens with zero attached hydrogens (tertiary/aromatic N) is 5. The zero-order chi connectivity index (χ0) is 31.3. The van der Waals surface area contributed by atoms with E-state index in [-0.39, 0.29) is 23.4 Å². The van der Waals surface area contributed by atoms with Gasteiger partial charge in [0.1, 0.15) is 11.9 Å². The van der Waals surface area contributed by atoms with Gasteiger partial charge in [0.05, 0.1) is 35.0 Å². The van der Waals surface area contributed by atoms with E-state index in [2.05, 4.69) is 32.3 Å². The molecule has 1 saturated heterocycles. The topological polar surface area (TPSA) is 149 Å². The number of pyridine rings is 1. The maximum atomic E-state index is 13.7. The number of hydrogen-bond donors (Lipinski definition) is 3. The lowest BCUT2D eigenvalue weighted by molar-refractivity contribution is -0.125. The number of aliphatic hydroxyl groups excluding tert-OH is 1. The number of fused-ring (bicyclic) bond motifs is 1. The van der Waals surface area contributed by atoms with Crippen LogP contribution in [0, 0.1) is 0 Å². The third kappa shape index (κ3) is 7.42. The fourth-order valence-electron chi connectivity index (χ4n) is 4.89. The minimum absolute atomic E-state index is 0.0156. The molecule has 2 aliphatic heterocycles. The second-order valence-corrected chi connectivity index (χ2v) is 13.0. The highest BCUT2D eigenvalue weighted by atomic mass is 35.5. The number of rotatable bonds is 9. The van der Waals surface area contributed by atoms with E-state index in [4.69, 9.17) is 16.3 Å². The number of nitrogens with one attached hydrogen (secondary N) is 2. The molecular weight excluding hydrogens is 594 g/mol. The van der Waals surface area contributed by atoms with Gasteiger partial charge in [-0.2, -0.15) is 4.31 Å². The highest BCUT2D eigenvalue weighted by molar-refractivity contribution is 7.89. The number of aliphatic imine (C=N–C) groups is 2. The van der Waals surface area contributed by atoms with Crippen LogP contribution in [0.3, 0.4) is 0 Å². The number of anilines is 1. The van der Waals surface area contributed by atoms with Crippen molar-refractivity contribution in [3.8, 4) is 0 Å². The largest absolute Gasteiger partial charge is 0.394 e. The van der Waals surface area contributed by atoms with Gasteiger partial charge in [-0.1, -0.05) is 29.8 Å². The number of sulfonamides is 1. The number of benzene rings is 1. The number of guanidine groups is 1. The van der Waals surface area contributed by atoms with E-state index in [0.29, 0.717) is 46.6 Å². The Morgan fingerprint density at radius 1 is 1.28 bits per heavy atom. The first kappa shape index (κ1) is 32.6. The lowest BCUT2D eigenvalue weighted by atomic mass is 10.1. The minimum atomic E-state index is -4.04. The lowest BCUT2D eigenvalue weighted by Crippen LogP contribution is -2.46. The van der Waals surface area contributed by atoms with E-state index < -0.39 is 34.6 Å². The lowest BCUT2D eigenvalue weighted by Gasteiger charge is -2.25. The second-order valence-electron chi connectivity index (χ2n) is 10.6. The fourth-order valence-corrected chi connectivity index (χ4v) is 6.86. The Kier molecular flexibility index (Phi) is 10.6. The summed E-state index contributed by atoms with van der Waals surface area (Å²) >= 11 is 6.44. The second kappa shape index (κ2) is 14.0. The molecule has 1 aromatic carbocycles. The zero-order valence-electron chi connectivity index (χ0n) is 24.7. The summed E-state index contributed by atoms with van der Waals surface area (Å²) in [4.78, 5) is 28.3. The highest BCUT2D eigenvalue weighted by Crippen LogP contribution is 2.35. The number of carbonyl (C=O) groups is 1. The van der Waals surface area contributed by atoms with E-state index in [9.17, 15) is 18.3 Å². The number of carbonyl (C=O) groups excluding carboxylic acids is 1. The summed E-state index contributed by atoms with van der Waals surface area (Å²) in [7, 11) is -0.370. The van der Waals surface area contributed by atoms with Crippen molar-refractivity contribution < 1.29 is 23.1 Å². The van der Waals surface area contributed by atoms with Crippen molar-refractivity contribution in [3.63, 3.8) is 0 Å². The van der Waals surface area contributed by atoms with Crippen LogP contribution in [-0.2, 0) is 26.1 Å². The van der Waals surface area contributed by atoms with Crippen molar-refractivity contribution in [2.24, 2.45) is 9.98 Å². The molecule has 14 heteroatoms. The Labute approximate surface area is 257 Å². The number of amides is 1. The number of ether oxygens (including phenoxy) is 1. The molecule has 232 valence electrons. The SMILES string of the molecule is C=NC(=NC1CCOCC1)N/C(=C(\C)Cl)c1ccc2c(c1)S(=O)(=O)N([C@H](C)C(=O)N[C@H](CO)c1cccc(N(C)C)n1)C2. The van der Waals surface area contributed by atoms with E-state index in [0.717, 1.165) is 17.1 Å². The molecule has 1 amide bonds. The Bertz CT molecular complexity index is 1520. The maximum Gasteiger partial charge on any atom is 0.244 e. The summed E-state index contributed by atoms with van der Waals surface area (Å²) in [5, 5.41) is 16.2. The van der Waals surface area contributed by atoms with E-state index in [1.54, 1.807) is 42.2 Å². The maximum absolute atomic E-state index is 13.7. The fraction of sp³-hybridized carbons (Fsp3) is 0.448. The number of halogens is 1. The van der Waals surface area contributed by atoms with E-state index in [1.807, 2.05) is 14.1 Å². The Morgan fingerprint density at radius 2 is 2.00 bits per heavy atom. The van der Waals surface area contributed by atoms with Crippen molar-refractivity contribution in [3.05, 3.63) is 58.3 Å². The van der Waals surface area contributed by atoms with Crippen molar-refractivity contribution in [1.29, 1.82) is 0 Å². The van der Waals surface area contributed by atoms with Crippen LogP contribution >= 0.6 is 11.6 Å². The summed E-state index contributed by atoms with van der Waals surface area (Å²) in [6, 6.07) is 8.44. The number of aromatic nitrogens is 1. The third-order valence-electron chi connectivity index (χ3n) is 7.38. The predicted octanol–water partition coefficient (Wildman–Crippen LogP) is 2.64. The summed E-state index contributed by atoms with van der Waals surface area (Å²) in [5.41, 5.74) is 1.97. The minimum Gasteiger partial charge on any atom is -0.394 e. The molecule has 0 radical (unpaired) electrons. The average Bonchev–Trinajstić information content (AvgIpc) is 3.27. The molecule has 12 nitrogen and oxygen atoms in total. The van der Waals surface area contributed by atoms with Crippen molar-refractivity contribution >= 4 is 51.7 Å². The summed E-state index contributed by atoms with van der Waals surface area (Å²) in [6.45, 7) is 7.66. The standard InChI is InChI=1S/C29H38ClN7O5S/c1-18(30)27(35-29(31-3)32-22-11-13-42-14-12-22)20-9-10-21-16-37(43(40,41)25(21)15-20)19(2)28(39)34-24(17-38)23-7-6-8-26(33-23)36(4)5/h6-10,15,19,22,24,38H,3,11-14,16-17H2,1-2,4-5H3,(H,32,35)(H,34,39)/b27-18+/t19-,24-/m1/s1. The smallest absolute Gasteiger partial charge is 0.244 e. The Hall–Kier alpha value is -3.36. The van der Waals surface area contributed by atoms with Crippen LogP contribution < -0.4 is 15.5 Å². The first-order chi connectivity index (χ1) is 20.5. The van der Waals surface area contributed by atoms with Crippen molar-refractivity contribution in [2.45, 2.75) is 56.3 Å². The molecule has 0 aliphatic carbocycles. The molecule has 2 aromatic rings. The van der Waals surface area contributed by atoms with Gasteiger partial charge in [0.25, 0.3) is 0 Å². The molecule has 0 unspecified atom stereocenters. The normalized spacial score (nSPS) is 19.2. The molecule has 1 fully saturated rings. The van der Waals surface area contributed by atoms with E-state index >= 15 is 0 Å². The molecule has 0 saturated carbocycles. The molecule has 3 heterocycles. The van der Waals surface area contributed by atoms with Gasteiger partial charge in [-0.3, -0.25) is 4.79 Å². The number of allylic oxidation sites excluding steroid dienone is 1. The molecule has 2 aliphatic rings. The van der Waals surface area contributed by atoms with Gasteiger partial charge >= 0.3 is 0 Å². The Balaban J connectivity index is 1.54. The molecule has 1 aromatic heterocycles. The molecule has 0 spiro atoms. The number of aliphatic hydroxyl groups is 1. The summed E-state index contributed by atoms with van der Waals surface area (Å²) in [6.07, 6.45) is 1.52. The van der Waals surface area contributed by atoms with Crippen LogP contribution in [0.2, 0.25) is 0 Å². The molecule has 3 N–H and O–H groups in total. The van der Waals surface area contributed by atoms with Crippen LogP contribution in [-0.4, -0.2) is 87.4 Å². The van der Waals surface area contributed by atoms with Gasteiger partial charge in [0.15, 0.2) is 0 Å². The van der Waals surface area contributed by atoms with Crippen LogP contribution in [0.25, 0.3) is 5.70 Å². The summed E-state index contributed by atoms with van der Waals surface area (Å²) in [5.74, 6) is 0.381. The molecule has 0 bridgehead atoms. The zero-order valence-corrected chi connectivity index (χ0v) is 26.3. The summed E-state index contributed by atoms with van der Waals surface area (Å²) < 4.78 is 33.9. The van der Waals surface area contributed by atoms with Gasteiger partial charge in [-0.05, 0) is 57.2 Å². The van der Waals surface area contributed by atoms with E-state index in [1.165, 1.54) is 13.0 Å². The Morgan fingerprint density at radius 3 is 2.63 bits per heavy atom. The first-order valence-electron chi connectivity index (χ1n) is 13.9. The number of hydrogen-bond acceptors (Lipinski definition) is 8. The van der Waals surface area contributed by atoms with Crippen molar-refractivity contribution in [1.82, 2.24) is 19.9 Å². The van der Waals surface area contributed by atoms with Gasteiger partial charge in [0, 0.05) is 44.4 Å². The molecule has 2 atom stereocenters. The first-order valence-corrected chi connectivity index (χ1v) is 15.7. The van der Waals surface area contributed by atoms with Gasteiger partial charge < -0.3 is 25.4 Å². The molecule has 4 rings (SSSR count). The molecular formula is C29H38ClN7O5S. The van der Waals surface area contributed by atoms with Crippen LogP contribution in [0.1, 0.15) is 49.6 Å². The van der Waals surface area contributed by atoms with Crippen LogP contribution in [0.5, 0.6) is 0 Å². The third-order valence-corrected chi connectivity index (χ3v) is 9.56. The average molecular weight is 632 g/mol.